The second-order valence-electron chi connectivity index (χ2n) is 7.77. The molecule has 6 heteroatoms. The van der Waals surface area contributed by atoms with Crippen LogP contribution in [0.5, 0.6) is 0 Å². The van der Waals surface area contributed by atoms with E-state index in [0.29, 0.717) is 22.5 Å². The van der Waals surface area contributed by atoms with Crippen molar-refractivity contribution >= 4 is 23.3 Å². The number of nitrogens with one attached hydrogen (secondary N) is 2. The van der Waals surface area contributed by atoms with E-state index in [2.05, 4.69) is 15.6 Å². The third kappa shape index (κ3) is 4.58. The summed E-state index contributed by atoms with van der Waals surface area (Å²) in [5.41, 5.74) is 3.88. The van der Waals surface area contributed by atoms with Gasteiger partial charge in [-0.25, -0.2) is 4.99 Å². The molecule has 0 aliphatic carbocycles. The summed E-state index contributed by atoms with van der Waals surface area (Å²) in [5.74, 6) is -0.526. The van der Waals surface area contributed by atoms with Gasteiger partial charge in [0.1, 0.15) is 17.5 Å². The minimum Gasteiger partial charge on any atom is -0.345 e. The smallest absolute Gasteiger partial charge is 0.264 e. The van der Waals surface area contributed by atoms with E-state index in [-0.39, 0.29) is 23.2 Å². The summed E-state index contributed by atoms with van der Waals surface area (Å²) in [6, 6.07) is 25.6. The Bertz CT molecular complexity index is 1320. The van der Waals surface area contributed by atoms with Crippen molar-refractivity contribution in [2.45, 2.75) is 19.9 Å². The molecule has 0 radical (unpaired) electrons. The lowest BCUT2D eigenvalue weighted by atomic mass is 10.0. The first-order chi connectivity index (χ1) is 16.0. The molecule has 3 aromatic rings. The monoisotopic (exact) mass is 434 g/mol. The molecule has 0 saturated carbocycles. The summed E-state index contributed by atoms with van der Waals surface area (Å²) in [4.78, 5) is 30.2. The van der Waals surface area contributed by atoms with Crippen molar-refractivity contribution in [2.75, 3.05) is 0 Å². The molecule has 1 aliphatic heterocycles. The Morgan fingerprint density at radius 2 is 1.55 bits per heavy atom. The number of rotatable bonds is 4. The fraction of sp³-hybridized carbons (Fsp3) is 0.111. The second kappa shape index (κ2) is 9.33. The molecule has 4 rings (SSSR count). The third-order valence-electron chi connectivity index (χ3n) is 5.43. The minimum absolute atomic E-state index is 0.107. The highest BCUT2D eigenvalue weighted by molar-refractivity contribution is 6.20. The fourth-order valence-corrected chi connectivity index (χ4v) is 3.60. The third-order valence-corrected chi connectivity index (χ3v) is 5.43. The van der Waals surface area contributed by atoms with Crippen molar-refractivity contribution in [1.29, 1.82) is 5.26 Å². The molecule has 0 unspecified atom stereocenters. The molecule has 0 fully saturated rings. The maximum atomic E-state index is 13.0. The summed E-state index contributed by atoms with van der Waals surface area (Å²) in [7, 11) is 0. The van der Waals surface area contributed by atoms with Crippen LogP contribution in [0.15, 0.2) is 89.4 Å². The van der Waals surface area contributed by atoms with Gasteiger partial charge in [-0.2, -0.15) is 5.26 Å². The van der Waals surface area contributed by atoms with Crippen LogP contribution in [0.3, 0.4) is 0 Å². The largest absolute Gasteiger partial charge is 0.345 e. The van der Waals surface area contributed by atoms with E-state index in [4.69, 9.17) is 0 Å². The number of fused-ring (bicyclic) bond motifs is 1. The molecule has 2 amide bonds. The highest BCUT2D eigenvalue weighted by atomic mass is 16.2. The molecule has 33 heavy (non-hydrogen) atoms. The van der Waals surface area contributed by atoms with Gasteiger partial charge in [-0.3, -0.25) is 9.59 Å². The van der Waals surface area contributed by atoms with Crippen LogP contribution in [0, 0.1) is 18.3 Å². The SMILES string of the molecule is Cc1ccc(C(=O)NC2=N/C(=C(\C#N)C(=O)N[C@H](C)c3ccccc3)c3ccccc32)cc1. The lowest BCUT2D eigenvalue weighted by Gasteiger charge is -2.14. The number of hydrogen-bond donors (Lipinski definition) is 2. The Morgan fingerprint density at radius 3 is 2.21 bits per heavy atom. The minimum atomic E-state index is -0.520. The van der Waals surface area contributed by atoms with E-state index in [1.807, 2.05) is 68.4 Å². The van der Waals surface area contributed by atoms with Gasteiger partial charge in [0, 0.05) is 16.7 Å². The average Bonchev–Trinajstić information content (AvgIpc) is 3.18. The Morgan fingerprint density at radius 1 is 0.909 bits per heavy atom. The van der Waals surface area contributed by atoms with Crippen molar-refractivity contribution in [2.24, 2.45) is 4.99 Å². The van der Waals surface area contributed by atoms with Crippen LogP contribution in [0.25, 0.3) is 5.70 Å². The van der Waals surface area contributed by atoms with E-state index in [9.17, 15) is 14.9 Å². The van der Waals surface area contributed by atoms with Crippen molar-refractivity contribution in [1.82, 2.24) is 10.6 Å². The van der Waals surface area contributed by atoms with Gasteiger partial charge in [0.25, 0.3) is 11.8 Å². The first kappa shape index (κ1) is 21.7. The molecule has 3 aromatic carbocycles. The van der Waals surface area contributed by atoms with Crippen LogP contribution in [-0.2, 0) is 4.79 Å². The van der Waals surface area contributed by atoms with Gasteiger partial charge in [0.05, 0.1) is 11.7 Å². The van der Waals surface area contributed by atoms with E-state index in [0.717, 1.165) is 11.1 Å². The Balaban J connectivity index is 1.65. The Kier molecular flexibility index (Phi) is 6.14. The van der Waals surface area contributed by atoms with Gasteiger partial charge in [0.2, 0.25) is 0 Å². The number of carbonyl (C=O) groups excluding carboxylic acids is 2. The highest BCUT2D eigenvalue weighted by Gasteiger charge is 2.27. The van der Waals surface area contributed by atoms with E-state index in [1.165, 1.54) is 0 Å². The lowest BCUT2D eigenvalue weighted by molar-refractivity contribution is -0.117. The number of nitriles is 1. The molecule has 162 valence electrons. The summed E-state index contributed by atoms with van der Waals surface area (Å²) in [6.07, 6.45) is 0. The quantitative estimate of drug-likeness (QED) is 0.474. The van der Waals surface area contributed by atoms with Crippen molar-refractivity contribution in [3.05, 3.63) is 112 Å². The second-order valence-corrected chi connectivity index (χ2v) is 7.77. The van der Waals surface area contributed by atoms with Crippen LogP contribution < -0.4 is 10.6 Å². The van der Waals surface area contributed by atoms with Crippen LogP contribution in [0.2, 0.25) is 0 Å². The van der Waals surface area contributed by atoms with Gasteiger partial charge in [-0.15, -0.1) is 0 Å². The molecule has 0 spiro atoms. The van der Waals surface area contributed by atoms with Crippen molar-refractivity contribution in [3.63, 3.8) is 0 Å². The first-order valence-corrected chi connectivity index (χ1v) is 10.5. The zero-order chi connectivity index (χ0) is 23.4. The predicted molar refractivity (Wildman–Crippen MR) is 127 cm³/mol. The number of aliphatic imine (C=N–C) groups is 1. The first-order valence-electron chi connectivity index (χ1n) is 10.5. The number of hydrogen-bond acceptors (Lipinski definition) is 4. The summed E-state index contributed by atoms with van der Waals surface area (Å²) >= 11 is 0. The summed E-state index contributed by atoms with van der Waals surface area (Å²) in [5, 5.41) is 15.5. The Labute approximate surface area is 192 Å². The topological polar surface area (TPSA) is 94.3 Å². The molecule has 0 aromatic heterocycles. The molecule has 0 saturated heterocycles. The molecule has 0 bridgehead atoms. The number of amidine groups is 1. The highest BCUT2D eigenvalue weighted by Crippen LogP contribution is 2.31. The lowest BCUT2D eigenvalue weighted by Crippen LogP contribution is -2.30. The molecular formula is C27H22N4O2. The van der Waals surface area contributed by atoms with E-state index < -0.39 is 5.91 Å². The Hall–Kier alpha value is -4.50. The molecule has 1 atom stereocenters. The average molecular weight is 434 g/mol. The number of aryl methyl sites for hydroxylation is 1. The van der Waals surface area contributed by atoms with Crippen molar-refractivity contribution in [3.8, 4) is 6.07 Å². The molecular weight excluding hydrogens is 412 g/mol. The van der Waals surface area contributed by atoms with E-state index in [1.54, 1.807) is 30.3 Å². The van der Waals surface area contributed by atoms with Gasteiger partial charge < -0.3 is 10.6 Å². The predicted octanol–water partition coefficient (Wildman–Crippen LogP) is 4.30. The van der Waals surface area contributed by atoms with E-state index >= 15 is 0 Å². The number of nitrogens with zero attached hydrogens (tertiary/aromatic N) is 2. The van der Waals surface area contributed by atoms with Crippen LogP contribution in [0.1, 0.15) is 45.6 Å². The van der Waals surface area contributed by atoms with Crippen LogP contribution >= 0.6 is 0 Å². The number of amides is 2. The molecule has 1 aliphatic rings. The van der Waals surface area contributed by atoms with Crippen LogP contribution in [0.4, 0.5) is 0 Å². The zero-order valence-electron chi connectivity index (χ0n) is 18.3. The van der Waals surface area contributed by atoms with Gasteiger partial charge in [-0.1, -0.05) is 72.3 Å². The fourth-order valence-electron chi connectivity index (χ4n) is 3.60. The summed E-state index contributed by atoms with van der Waals surface area (Å²) in [6.45, 7) is 3.80. The molecule has 2 N–H and O–H groups in total. The maximum absolute atomic E-state index is 13.0. The van der Waals surface area contributed by atoms with Crippen LogP contribution in [-0.4, -0.2) is 17.6 Å². The standard InChI is InChI=1S/C27H22N4O2/c1-17-12-14-20(15-13-17)26(32)31-25-22-11-7-6-10-21(22)24(30-25)23(16-28)27(33)29-18(2)19-8-4-3-5-9-19/h3-15,18H,1-2H3,(H,29,33)(H,30,31,32)/b24-23+/t18-/m1/s1. The van der Waals surface area contributed by atoms with Gasteiger partial charge >= 0.3 is 0 Å². The summed E-state index contributed by atoms with van der Waals surface area (Å²) < 4.78 is 0. The molecule has 1 heterocycles. The van der Waals surface area contributed by atoms with Gasteiger partial charge in [-0.05, 0) is 31.5 Å². The normalized spacial score (nSPS) is 14.4. The van der Waals surface area contributed by atoms with Gasteiger partial charge in [0.15, 0.2) is 0 Å². The molecule has 6 nitrogen and oxygen atoms in total. The number of carbonyl (C=O) groups is 2. The van der Waals surface area contributed by atoms with Crippen molar-refractivity contribution < 1.29 is 9.59 Å². The number of benzene rings is 3. The maximum Gasteiger partial charge on any atom is 0.264 e. The zero-order valence-corrected chi connectivity index (χ0v) is 18.3.